The van der Waals surface area contributed by atoms with Crippen LogP contribution < -0.4 is 16.0 Å². The standard InChI is InChI=1S/C31H41N3O6/c35-22-26-20-25(13-14-29(26)36)30(37)21-32-15-6-1-2-7-16-39-17-18-40-23-24-9-8-12-28(19-24)34-31(38)33-27-10-4-3-5-11-27/h3-5,8-14,19-20,30,32,35-37H,1-2,6-7,15-18,21-23H2,(H2,33,34,38)/t30-/m1/s1. The van der Waals surface area contributed by atoms with E-state index < -0.39 is 6.10 Å². The van der Waals surface area contributed by atoms with Crippen molar-refractivity contribution in [2.45, 2.75) is 45.0 Å². The molecule has 2 amide bonds. The van der Waals surface area contributed by atoms with Gasteiger partial charge in [0.2, 0.25) is 0 Å². The molecule has 9 nitrogen and oxygen atoms in total. The van der Waals surface area contributed by atoms with Crippen LogP contribution in [0.4, 0.5) is 16.2 Å². The summed E-state index contributed by atoms with van der Waals surface area (Å²) in [6.45, 7) is 3.14. The van der Waals surface area contributed by atoms with E-state index in [2.05, 4.69) is 16.0 Å². The van der Waals surface area contributed by atoms with E-state index >= 15 is 0 Å². The number of rotatable bonds is 18. The minimum atomic E-state index is -0.687. The van der Waals surface area contributed by atoms with Gasteiger partial charge in [0, 0.05) is 30.1 Å². The number of hydrogen-bond donors (Lipinski definition) is 6. The number of nitrogens with one attached hydrogen (secondary N) is 3. The third-order valence-electron chi connectivity index (χ3n) is 6.25. The predicted molar refractivity (Wildman–Crippen MR) is 156 cm³/mol. The second kappa shape index (κ2) is 18.0. The van der Waals surface area contributed by atoms with Crippen molar-refractivity contribution in [1.29, 1.82) is 0 Å². The highest BCUT2D eigenvalue weighted by Gasteiger charge is 2.10. The highest BCUT2D eigenvalue weighted by Crippen LogP contribution is 2.22. The summed E-state index contributed by atoms with van der Waals surface area (Å²) in [6, 6.07) is 21.3. The number of para-hydroxylation sites is 1. The summed E-state index contributed by atoms with van der Waals surface area (Å²) in [5, 5.41) is 38.0. The zero-order chi connectivity index (χ0) is 28.4. The first-order chi connectivity index (χ1) is 19.5. The van der Waals surface area contributed by atoms with Gasteiger partial charge in [-0.25, -0.2) is 4.79 Å². The van der Waals surface area contributed by atoms with Crippen LogP contribution in [-0.2, 0) is 22.7 Å². The zero-order valence-electron chi connectivity index (χ0n) is 22.9. The maximum Gasteiger partial charge on any atom is 0.323 e. The van der Waals surface area contributed by atoms with Crippen molar-refractivity contribution >= 4 is 17.4 Å². The molecule has 6 N–H and O–H groups in total. The average molecular weight is 552 g/mol. The van der Waals surface area contributed by atoms with Crippen molar-refractivity contribution < 1.29 is 29.6 Å². The Hall–Kier alpha value is -3.47. The van der Waals surface area contributed by atoms with Crippen LogP contribution in [0, 0.1) is 0 Å². The van der Waals surface area contributed by atoms with Crippen LogP contribution in [0.3, 0.4) is 0 Å². The third kappa shape index (κ3) is 11.7. The first-order valence-corrected chi connectivity index (χ1v) is 13.7. The van der Waals surface area contributed by atoms with E-state index in [1.54, 1.807) is 12.1 Å². The molecule has 0 radical (unpaired) electrons. The quantitative estimate of drug-likeness (QED) is 0.123. The van der Waals surface area contributed by atoms with Crippen molar-refractivity contribution in [3.05, 3.63) is 89.5 Å². The number of ether oxygens (including phenoxy) is 2. The molecule has 3 aromatic rings. The Morgan fingerprint density at radius 1 is 0.800 bits per heavy atom. The molecule has 0 aliphatic rings. The zero-order valence-corrected chi connectivity index (χ0v) is 22.9. The maximum atomic E-state index is 12.2. The van der Waals surface area contributed by atoms with Crippen molar-refractivity contribution in [2.24, 2.45) is 0 Å². The Morgan fingerprint density at radius 2 is 1.55 bits per heavy atom. The summed E-state index contributed by atoms with van der Waals surface area (Å²) in [7, 11) is 0. The van der Waals surface area contributed by atoms with Gasteiger partial charge in [0.25, 0.3) is 0 Å². The SMILES string of the molecule is O=C(Nc1ccccc1)Nc1cccc(COCCOCCCCCCNC[C@@H](O)c2ccc(O)c(CO)c2)c1. The molecule has 216 valence electrons. The van der Waals surface area contributed by atoms with Crippen molar-refractivity contribution in [2.75, 3.05) is 43.5 Å². The predicted octanol–water partition coefficient (Wildman–Crippen LogP) is 4.95. The van der Waals surface area contributed by atoms with Gasteiger partial charge < -0.3 is 40.7 Å². The van der Waals surface area contributed by atoms with E-state index in [4.69, 9.17) is 9.47 Å². The summed E-state index contributed by atoms with van der Waals surface area (Å²) in [5.74, 6) is 0.0324. The lowest BCUT2D eigenvalue weighted by atomic mass is 10.1. The lowest BCUT2D eigenvalue weighted by Crippen LogP contribution is -2.22. The molecule has 0 fully saturated rings. The molecule has 0 aromatic heterocycles. The Morgan fingerprint density at radius 3 is 2.38 bits per heavy atom. The molecular formula is C31H41N3O6. The van der Waals surface area contributed by atoms with E-state index in [0.717, 1.165) is 43.5 Å². The molecule has 3 aromatic carbocycles. The topological polar surface area (TPSA) is 132 Å². The van der Waals surface area contributed by atoms with Gasteiger partial charge in [0.15, 0.2) is 0 Å². The van der Waals surface area contributed by atoms with Crippen LogP contribution in [0.2, 0.25) is 0 Å². The number of amides is 2. The highest BCUT2D eigenvalue weighted by molar-refractivity contribution is 5.99. The number of phenols is 1. The van der Waals surface area contributed by atoms with Gasteiger partial charge >= 0.3 is 6.03 Å². The maximum absolute atomic E-state index is 12.2. The summed E-state index contributed by atoms with van der Waals surface area (Å²) in [5.41, 5.74) is 3.48. The van der Waals surface area contributed by atoms with Gasteiger partial charge in [-0.1, -0.05) is 49.2 Å². The molecule has 0 aliphatic carbocycles. The lowest BCUT2D eigenvalue weighted by molar-refractivity contribution is 0.0393. The number of aliphatic hydroxyl groups is 2. The minimum absolute atomic E-state index is 0.0324. The summed E-state index contributed by atoms with van der Waals surface area (Å²) in [6.07, 6.45) is 3.45. The fourth-order valence-corrected chi connectivity index (χ4v) is 4.07. The van der Waals surface area contributed by atoms with Crippen LogP contribution in [0.1, 0.15) is 48.5 Å². The number of anilines is 2. The number of benzene rings is 3. The minimum Gasteiger partial charge on any atom is -0.508 e. The number of carbonyl (C=O) groups excluding carboxylic acids is 1. The number of aliphatic hydroxyl groups excluding tert-OH is 2. The Labute approximate surface area is 236 Å². The molecule has 0 unspecified atom stereocenters. The molecule has 40 heavy (non-hydrogen) atoms. The number of urea groups is 1. The number of carbonyl (C=O) groups is 1. The van der Waals surface area contributed by atoms with Gasteiger partial charge in [0.05, 0.1) is 32.5 Å². The van der Waals surface area contributed by atoms with Crippen LogP contribution in [0.5, 0.6) is 5.75 Å². The Bertz CT molecular complexity index is 1140. The monoisotopic (exact) mass is 551 g/mol. The second-order valence-corrected chi connectivity index (χ2v) is 9.49. The summed E-state index contributed by atoms with van der Waals surface area (Å²) in [4.78, 5) is 12.2. The van der Waals surface area contributed by atoms with E-state index in [1.807, 2.05) is 54.6 Å². The Kier molecular flexibility index (Phi) is 14.0. The first-order valence-electron chi connectivity index (χ1n) is 13.7. The van der Waals surface area contributed by atoms with E-state index in [-0.39, 0.29) is 18.4 Å². The Balaban J connectivity index is 1.15. The van der Waals surface area contributed by atoms with Crippen molar-refractivity contribution in [1.82, 2.24) is 5.32 Å². The largest absolute Gasteiger partial charge is 0.508 e. The number of hydrogen-bond acceptors (Lipinski definition) is 7. The molecule has 3 rings (SSSR count). The third-order valence-corrected chi connectivity index (χ3v) is 6.25. The molecule has 0 saturated carbocycles. The molecule has 0 heterocycles. The van der Waals surface area contributed by atoms with Crippen LogP contribution in [0.25, 0.3) is 0 Å². The molecule has 0 saturated heterocycles. The molecule has 0 aliphatic heterocycles. The fraction of sp³-hybridized carbons (Fsp3) is 0.387. The second-order valence-electron chi connectivity index (χ2n) is 9.49. The molecule has 0 spiro atoms. The van der Waals surface area contributed by atoms with Gasteiger partial charge in [-0.15, -0.1) is 0 Å². The summed E-state index contributed by atoms with van der Waals surface area (Å²) >= 11 is 0. The van der Waals surface area contributed by atoms with E-state index in [9.17, 15) is 20.1 Å². The van der Waals surface area contributed by atoms with Gasteiger partial charge in [-0.2, -0.15) is 0 Å². The van der Waals surface area contributed by atoms with Crippen LogP contribution in [-0.4, -0.2) is 54.3 Å². The van der Waals surface area contributed by atoms with Gasteiger partial charge in [-0.3, -0.25) is 0 Å². The molecular weight excluding hydrogens is 510 g/mol. The number of unbranched alkanes of at least 4 members (excludes halogenated alkanes) is 3. The fourth-order valence-electron chi connectivity index (χ4n) is 4.07. The molecule has 0 bridgehead atoms. The van der Waals surface area contributed by atoms with Gasteiger partial charge in [0.1, 0.15) is 5.75 Å². The normalized spacial score (nSPS) is 11.8. The lowest BCUT2D eigenvalue weighted by Gasteiger charge is -2.14. The van der Waals surface area contributed by atoms with Crippen molar-refractivity contribution in [3.63, 3.8) is 0 Å². The highest BCUT2D eigenvalue weighted by atomic mass is 16.5. The summed E-state index contributed by atoms with van der Waals surface area (Å²) < 4.78 is 11.4. The molecule has 1 atom stereocenters. The van der Waals surface area contributed by atoms with Crippen LogP contribution in [0.15, 0.2) is 72.8 Å². The smallest absolute Gasteiger partial charge is 0.323 e. The molecule has 9 heteroatoms. The average Bonchev–Trinajstić information content (AvgIpc) is 2.96. The van der Waals surface area contributed by atoms with Crippen molar-refractivity contribution in [3.8, 4) is 5.75 Å². The first kappa shape index (κ1) is 31.1. The van der Waals surface area contributed by atoms with Gasteiger partial charge in [-0.05, 0) is 66.9 Å². The number of aromatic hydroxyl groups is 1. The van der Waals surface area contributed by atoms with E-state index in [1.165, 1.54) is 6.07 Å². The van der Waals surface area contributed by atoms with E-state index in [0.29, 0.717) is 49.8 Å². The van der Waals surface area contributed by atoms with Crippen LogP contribution >= 0.6 is 0 Å².